The molecule has 0 bridgehead atoms. The molecule has 0 heterocycles. The van der Waals surface area contributed by atoms with E-state index in [1.807, 2.05) is 13.8 Å². The number of rotatable bonds is 8. The minimum absolute atomic E-state index is 0. The summed E-state index contributed by atoms with van der Waals surface area (Å²) in [6.07, 6.45) is 3.04. The summed E-state index contributed by atoms with van der Waals surface area (Å²) in [7, 11) is 0. The summed E-state index contributed by atoms with van der Waals surface area (Å²) in [5, 5.41) is 0. The third-order valence-electron chi connectivity index (χ3n) is 2.20. The first kappa shape index (κ1) is 28.2. The van der Waals surface area contributed by atoms with Crippen molar-refractivity contribution >= 4 is 0 Å². The Balaban J connectivity index is -0.000000267. The average molecular weight is 350 g/mol. The van der Waals surface area contributed by atoms with Crippen LogP contribution in [0.3, 0.4) is 0 Å². The molecular weight excluding hydrogens is 313 g/mol. The number of nitrogens with one attached hydrogen (secondary N) is 1. The first-order chi connectivity index (χ1) is 7.87. The zero-order chi connectivity index (χ0) is 13.9. The Morgan fingerprint density at radius 3 is 2.05 bits per heavy atom. The van der Waals surface area contributed by atoms with Crippen LogP contribution in [0.15, 0.2) is 0 Å². The van der Waals surface area contributed by atoms with E-state index in [0.29, 0.717) is 5.92 Å². The van der Waals surface area contributed by atoms with E-state index in [9.17, 15) is 0 Å². The predicted octanol–water partition coefficient (Wildman–Crippen LogP) is 3.93. The number of hydrogen-bond acceptors (Lipinski definition) is 3. The monoisotopic (exact) mass is 350 g/mol. The van der Waals surface area contributed by atoms with Crippen LogP contribution < -0.4 is 11.2 Å². The first-order valence-electron chi connectivity index (χ1n) is 7.02. The molecule has 0 rings (SSSR count). The second kappa shape index (κ2) is 17.0. The Morgan fingerprint density at radius 1 is 1.21 bits per heavy atom. The minimum atomic E-state index is -0.0382. The molecule has 0 aliphatic carbocycles. The molecule has 4 heteroatoms. The van der Waals surface area contributed by atoms with Crippen LogP contribution in [0, 0.1) is 13.3 Å². The average Bonchev–Trinajstić information content (AvgIpc) is 2.18. The van der Waals surface area contributed by atoms with E-state index in [-0.39, 0.29) is 51.7 Å². The normalized spacial score (nSPS) is 11.8. The van der Waals surface area contributed by atoms with Crippen LogP contribution in [-0.4, -0.2) is 18.2 Å². The van der Waals surface area contributed by atoms with E-state index in [1.54, 1.807) is 0 Å². The van der Waals surface area contributed by atoms with Gasteiger partial charge in [0.1, 0.15) is 0 Å². The van der Waals surface area contributed by atoms with E-state index < -0.39 is 0 Å². The molecule has 0 aromatic rings. The van der Waals surface area contributed by atoms with E-state index in [4.69, 9.17) is 10.6 Å². The summed E-state index contributed by atoms with van der Waals surface area (Å²) in [5.41, 5.74) is 9.12. The molecule has 117 valence electrons. The van der Waals surface area contributed by atoms with E-state index >= 15 is 0 Å². The number of hydrogen-bond donors (Lipinski definition) is 2. The van der Waals surface area contributed by atoms with Gasteiger partial charge in [-0.3, -0.25) is 0 Å². The molecule has 0 fully saturated rings. The van der Waals surface area contributed by atoms with Crippen LogP contribution in [-0.2, 0) is 37.5 Å². The summed E-state index contributed by atoms with van der Waals surface area (Å²) in [6, 6.07) is 0.248. The van der Waals surface area contributed by atoms with E-state index in [2.05, 4.69) is 40.1 Å². The Hall–Kier alpha value is 0.984. The summed E-state index contributed by atoms with van der Waals surface area (Å²) in [6.45, 7) is 15.5. The van der Waals surface area contributed by atoms with E-state index in [1.165, 1.54) is 0 Å². The molecule has 1 unspecified atom stereocenters. The Bertz CT molecular complexity index is 164. The van der Waals surface area contributed by atoms with Gasteiger partial charge in [-0.05, 0) is 39.0 Å². The zero-order valence-electron chi connectivity index (χ0n) is 14.5. The molecule has 0 amide bonds. The molecule has 3 N–H and O–H groups in total. The summed E-state index contributed by atoms with van der Waals surface area (Å²) < 4.78 is 0. The molecule has 0 saturated carbocycles. The van der Waals surface area contributed by atoms with Crippen molar-refractivity contribution in [2.75, 3.05) is 6.61 Å². The van der Waals surface area contributed by atoms with Crippen LogP contribution in [0.2, 0.25) is 0 Å². The van der Waals surface area contributed by atoms with Gasteiger partial charge in [0.2, 0.25) is 0 Å². The summed E-state index contributed by atoms with van der Waals surface area (Å²) >= 11 is 0. The maximum absolute atomic E-state index is 6.07. The standard InChI is InChI=1S/C12H28N2O.C2H6.CH3.Y/c1-6-7-15-14-12(4,5)9-11(13)8-10(2)3;1-2;;/h10-11,14H,6-9,13H2,1-5H3;1-2H3;1H3;/q;;-1;. The quantitative estimate of drug-likeness (QED) is 0.396. The molecule has 1 radical (unpaired) electrons. The van der Waals surface area contributed by atoms with Crippen molar-refractivity contribution in [1.29, 1.82) is 0 Å². The smallest absolute Gasteiger partial charge is 0.0679 e. The van der Waals surface area contributed by atoms with Crippen LogP contribution >= 0.6 is 0 Å². The molecule has 19 heavy (non-hydrogen) atoms. The fraction of sp³-hybridized carbons (Fsp3) is 0.933. The van der Waals surface area contributed by atoms with Crippen LogP contribution in [0.25, 0.3) is 0 Å². The summed E-state index contributed by atoms with van der Waals surface area (Å²) in [5.74, 6) is 0.660. The largest absolute Gasteiger partial charge is 0.358 e. The van der Waals surface area contributed by atoms with Crippen LogP contribution in [0.4, 0.5) is 0 Å². The second-order valence-electron chi connectivity index (χ2n) is 5.43. The van der Waals surface area contributed by atoms with Crippen molar-refractivity contribution in [3.8, 4) is 0 Å². The molecular formula is C15H37N2OY-. The van der Waals surface area contributed by atoms with Crippen molar-refractivity contribution in [3.05, 3.63) is 7.43 Å². The second-order valence-corrected chi connectivity index (χ2v) is 5.43. The molecule has 0 spiro atoms. The van der Waals surface area contributed by atoms with Crippen molar-refractivity contribution in [1.82, 2.24) is 5.48 Å². The van der Waals surface area contributed by atoms with Gasteiger partial charge in [-0.15, -0.1) is 0 Å². The zero-order valence-corrected chi connectivity index (χ0v) is 17.4. The van der Waals surface area contributed by atoms with Crippen molar-refractivity contribution in [2.45, 2.75) is 79.3 Å². The molecule has 0 aliphatic heterocycles. The minimum Gasteiger partial charge on any atom is -0.358 e. The fourth-order valence-electron chi connectivity index (χ4n) is 1.73. The molecule has 3 nitrogen and oxygen atoms in total. The molecule has 0 aromatic heterocycles. The Kier molecular flexibility index (Phi) is 25.3. The van der Waals surface area contributed by atoms with Gasteiger partial charge in [0.15, 0.2) is 0 Å². The third kappa shape index (κ3) is 21.4. The van der Waals surface area contributed by atoms with Crippen molar-refractivity contribution < 1.29 is 37.5 Å². The van der Waals surface area contributed by atoms with Gasteiger partial charge >= 0.3 is 0 Å². The van der Waals surface area contributed by atoms with Gasteiger partial charge in [0, 0.05) is 44.3 Å². The Morgan fingerprint density at radius 2 is 1.68 bits per heavy atom. The van der Waals surface area contributed by atoms with Gasteiger partial charge in [-0.1, -0.05) is 34.6 Å². The van der Waals surface area contributed by atoms with E-state index in [0.717, 1.165) is 25.9 Å². The maximum Gasteiger partial charge on any atom is 0.0679 e. The van der Waals surface area contributed by atoms with Crippen molar-refractivity contribution in [3.63, 3.8) is 0 Å². The van der Waals surface area contributed by atoms with Gasteiger partial charge in [0.25, 0.3) is 0 Å². The Labute approximate surface area is 147 Å². The maximum atomic E-state index is 6.07. The van der Waals surface area contributed by atoms with Gasteiger partial charge < -0.3 is 18.0 Å². The van der Waals surface area contributed by atoms with Crippen LogP contribution in [0.5, 0.6) is 0 Å². The molecule has 1 atom stereocenters. The number of hydroxylamine groups is 1. The van der Waals surface area contributed by atoms with Gasteiger partial charge in [-0.2, -0.15) is 5.48 Å². The fourth-order valence-corrected chi connectivity index (χ4v) is 1.73. The van der Waals surface area contributed by atoms with Gasteiger partial charge in [-0.25, -0.2) is 0 Å². The SMILES string of the molecule is CC.CCCONC(C)(C)CC(N)CC(C)C.[CH3-].[Y]. The first-order valence-corrected chi connectivity index (χ1v) is 7.02. The number of nitrogens with two attached hydrogens (primary N) is 1. The summed E-state index contributed by atoms with van der Waals surface area (Å²) in [4.78, 5) is 5.35. The molecule has 0 aliphatic rings. The molecule has 0 saturated heterocycles. The van der Waals surface area contributed by atoms with Crippen molar-refractivity contribution in [2.24, 2.45) is 11.7 Å². The predicted molar refractivity (Wildman–Crippen MR) is 83.3 cm³/mol. The van der Waals surface area contributed by atoms with Crippen LogP contribution in [0.1, 0.15) is 67.7 Å². The van der Waals surface area contributed by atoms with Gasteiger partial charge in [0.05, 0.1) is 6.61 Å². The topological polar surface area (TPSA) is 47.3 Å². The third-order valence-corrected chi connectivity index (χ3v) is 2.20. The molecule has 0 aromatic carbocycles.